The minimum absolute atomic E-state index is 0.232. The molecule has 1 atom stereocenters. The minimum Gasteiger partial charge on any atom is -0.385 e. The first-order valence-electron chi connectivity index (χ1n) is 7.05. The van der Waals surface area contributed by atoms with Gasteiger partial charge >= 0.3 is 0 Å². The molecule has 0 spiro atoms. The molecular weight excluding hydrogens is 220 g/mol. The van der Waals surface area contributed by atoms with Gasteiger partial charge in [0.1, 0.15) is 0 Å². The van der Waals surface area contributed by atoms with Crippen LogP contribution in [0.3, 0.4) is 0 Å². The lowest BCUT2D eigenvalue weighted by atomic mass is 9.79. The number of likely N-dealkylation sites (N-methyl/N-ethyl adjacent to an activating group) is 1. The van der Waals surface area contributed by atoms with E-state index in [0.717, 1.165) is 19.0 Å². The van der Waals surface area contributed by atoms with E-state index in [-0.39, 0.29) is 5.41 Å². The van der Waals surface area contributed by atoms with E-state index >= 15 is 0 Å². The highest BCUT2D eigenvalue weighted by Crippen LogP contribution is 2.41. The molecule has 2 aliphatic rings. The zero-order chi connectivity index (χ0) is 12.9. The average Bonchev–Trinajstić information content (AvgIpc) is 2.27. The first-order chi connectivity index (χ1) is 8.45. The van der Waals surface area contributed by atoms with E-state index in [1.54, 1.807) is 11.1 Å². The molecule has 0 saturated heterocycles. The van der Waals surface area contributed by atoms with Gasteiger partial charge in [0.15, 0.2) is 0 Å². The second-order valence-electron chi connectivity index (χ2n) is 6.96. The van der Waals surface area contributed by atoms with Crippen molar-refractivity contribution < 1.29 is 0 Å². The van der Waals surface area contributed by atoms with Gasteiger partial charge in [-0.3, -0.25) is 0 Å². The van der Waals surface area contributed by atoms with E-state index in [0.29, 0.717) is 0 Å². The Hall–Kier alpha value is -1.02. The quantitative estimate of drug-likeness (QED) is 0.753. The molecule has 1 aromatic rings. The summed E-state index contributed by atoms with van der Waals surface area (Å²) < 4.78 is 0. The van der Waals surface area contributed by atoms with Gasteiger partial charge in [0.2, 0.25) is 0 Å². The average molecular weight is 244 g/mol. The van der Waals surface area contributed by atoms with E-state index in [2.05, 4.69) is 50.2 Å². The van der Waals surface area contributed by atoms with Gasteiger partial charge in [-0.15, -0.1) is 0 Å². The third-order valence-electron chi connectivity index (χ3n) is 4.32. The standard InChI is InChI=1S/C16H24N2/c1-16(2,3)13-7-12-10-18(4)9-11-5-6-17-14(8-13)15(11)12/h7-8,11,17H,5-6,9-10H2,1-4H3. The van der Waals surface area contributed by atoms with Crippen molar-refractivity contribution in [3.05, 3.63) is 28.8 Å². The second-order valence-corrected chi connectivity index (χ2v) is 6.96. The zero-order valence-electron chi connectivity index (χ0n) is 12.0. The lowest BCUT2D eigenvalue weighted by Gasteiger charge is -2.38. The van der Waals surface area contributed by atoms with Crippen molar-refractivity contribution in [2.24, 2.45) is 0 Å². The van der Waals surface area contributed by atoms with E-state index in [4.69, 9.17) is 0 Å². The first-order valence-corrected chi connectivity index (χ1v) is 7.05. The van der Waals surface area contributed by atoms with Gasteiger partial charge in [-0.1, -0.05) is 26.8 Å². The van der Waals surface area contributed by atoms with Crippen molar-refractivity contribution in [2.75, 3.05) is 25.5 Å². The van der Waals surface area contributed by atoms with E-state index in [1.165, 1.54) is 24.2 Å². The summed E-state index contributed by atoms with van der Waals surface area (Å²) in [4.78, 5) is 2.47. The summed E-state index contributed by atoms with van der Waals surface area (Å²) in [6, 6.07) is 4.82. The Morgan fingerprint density at radius 2 is 2.06 bits per heavy atom. The normalized spacial score (nSPS) is 23.4. The summed E-state index contributed by atoms with van der Waals surface area (Å²) in [6.07, 6.45) is 1.28. The van der Waals surface area contributed by atoms with Gasteiger partial charge in [-0.05, 0) is 41.6 Å². The van der Waals surface area contributed by atoms with Crippen molar-refractivity contribution in [1.82, 2.24) is 4.90 Å². The predicted molar refractivity (Wildman–Crippen MR) is 77.3 cm³/mol. The van der Waals surface area contributed by atoms with Crippen LogP contribution in [0.5, 0.6) is 0 Å². The maximum Gasteiger partial charge on any atom is 0.0382 e. The third-order valence-corrected chi connectivity index (χ3v) is 4.32. The van der Waals surface area contributed by atoms with Crippen molar-refractivity contribution in [2.45, 2.75) is 45.1 Å². The van der Waals surface area contributed by atoms with Crippen LogP contribution >= 0.6 is 0 Å². The van der Waals surface area contributed by atoms with Crippen molar-refractivity contribution in [3.63, 3.8) is 0 Å². The molecule has 1 unspecified atom stereocenters. The molecule has 2 nitrogen and oxygen atoms in total. The van der Waals surface area contributed by atoms with Gasteiger partial charge in [0.25, 0.3) is 0 Å². The Morgan fingerprint density at radius 3 is 2.78 bits per heavy atom. The number of anilines is 1. The summed E-state index contributed by atoms with van der Waals surface area (Å²) in [5.41, 5.74) is 6.24. The topological polar surface area (TPSA) is 15.3 Å². The van der Waals surface area contributed by atoms with Crippen molar-refractivity contribution in [3.8, 4) is 0 Å². The van der Waals surface area contributed by atoms with Crippen LogP contribution in [-0.2, 0) is 12.0 Å². The van der Waals surface area contributed by atoms with Gasteiger partial charge in [0.05, 0.1) is 0 Å². The molecule has 1 N–H and O–H groups in total. The lowest BCUT2D eigenvalue weighted by Crippen LogP contribution is -2.35. The molecule has 0 amide bonds. The van der Waals surface area contributed by atoms with Crippen LogP contribution in [0, 0.1) is 0 Å². The maximum atomic E-state index is 3.61. The molecule has 0 aliphatic carbocycles. The molecule has 2 aliphatic heterocycles. The van der Waals surface area contributed by atoms with Crippen LogP contribution in [0.1, 0.15) is 49.8 Å². The van der Waals surface area contributed by atoms with Crippen LogP contribution in [0.2, 0.25) is 0 Å². The van der Waals surface area contributed by atoms with Crippen LogP contribution in [0.25, 0.3) is 0 Å². The Kier molecular flexibility index (Phi) is 2.67. The van der Waals surface area contributed by atoms with Gasteiger partial charge in [0, 0.05) is 31.2 Å². The van der Waals surface area contributed by atoms with Crippen molar-refractivity contribution in [1.29, 1.82) is 0 Å². The van der Waals surface area contributed by atoms with Gasteiger partial charge < -0.3 is 10.2 Å². The fourth-order valence-electron chi connectivity index (χ4n) is 3.35. The summed E-state index contributed by atoms with van der Waals surface area (Å²) in [7, 11) is 2.24. The third kappa shape index (κ3) is 1.93. The Balaban J connectivity index is 2.14. The van der Waals surface area contributed by atoms with Crippen molar-refractivity contribution >= 4 is 5.69 Å². The van der Waals surface area contributed by atoms with Gasteiger partial charge in [-0.2, -0.15) is 0 Å². The molecule has 98 valence electrons. The number of nitrogens with one attached hydrogen (secondary N) is 1. The van der Waals surface area contributed by atoms with Crippen LogP contribution in [-0.4, -0.2) is 25.0 Å². The summed E-state index contributed by atoms with van der Waals surface area (Å²) in [6.45, 7) is 10.3. The zero-order valence-corrected chi connectivity index (χ0v) is 12.0. The number of nitrogens with zero attached hydrogens (tertiary/aromatic N) is 1. The maximum absolute atomic E-state index is 3.61. The number of benzene rings is 1. The Bertz CT molecular complexity index is 471. The molecule has 18 heavy (non-hydrogen) atoms. The number of hydrogen-bond donors (Lipinski definition) is 1. The first kappa shape index (κ1) is 12.0. The van der Waals surface area contributed by atoms with E-state index in [1.807, 2.05) is 0 Å². The molecule has 2 heterocycles. The largest absolute Gasteiger partial charge is 0.385 e. The summed E-state index contributed by atoms with van der Waals surface area (Å²) in [5.74, 6) is 0.740. The molecule has 0 saturated carbocycles. The molecule has 3 rings (SSSR count). The highest BCUT2D eigenvalue weighted by atomic mass is 15.1. The summed E-state index contributed by atoms with van der Waals surface area (Å²) >= 11 is 0. The molecule has 0 bridgehead atoms. The SMILES string of the molecule is CN1Cc2cc(C(C)(C)C)cc3c2C(CCN3)C1. The molecule has 0 radical (unpaired) electrons. The molecule has 0 aromatic heterocycles. The summed E-state index contributed by atoms with van der Waals surface area (Å²) in [5, 5.41) is 3.61. The minimum atomic E-state index is 0.232. The molecular formula is C16H24N2. The highest BCUT2D eigenvalue weighted by molar-refractivity contribution is 5.62. The smallest absolute Gasteiger partial charge is 0.0382 e. The van der Waals surface area contributed by atoms with E-state index in [9.17, 15) is 0 Å². The number of rotatable bonds is 0. The molecule has 1 aromatic carbocycles. The Labute approximate surface area is 110 Å². The van der Waals surface area contributed by atoms with Crippen LogP contribution < -0.4 is 5.32 Å². The fourth-order valence-corrected chi connectivity index (χ4v) is 3.35. The van der Waals surface area contributed by atoms with E-state index < -0.39 is 0 Å². The van der Waals surface area contributed by atoms with Crippen LogP contribution in [0.15, 0.2) is 12.1 Å². The highest BCUT2D eigenvalue weighted by Gasteiger charge is 2.30. The molecule has 0 fully saturated rings. The second kappa shape index (κ2) is 3.99. The predicted octanol–water partition coefficient (Wildman–Crippen LogP) is 3.33. The molecule has 2 heteroatoms. The Morgan fingerprint density at radius 1 is 1.28 bits per heavy atom. The van der Waals surface area contributed by atoms with Crippen LogP contribution in [0.4, 0.5) is 5.69 Å². The lowest BCUT2D eigenvalue weighted by molar-refractivity contribution is 0.274. The fraction of sp³-hybridized carbons (Fsp3) is 0.625. The van der Waals surface area contributed by atoms with Gasteiger partial charge in [-0.25, -0.2) is 0 Å². The number of hydrogen-bond acceptors (Lipinski definition) is 2. The monoisotopic (exact) mass is 244 g/mol.